The van der Waals surface area contributed by atoms with Gasteiger partial charge in [0.2, 0.25) is 0 Å². The largest absolute Gasteiger partial charge is 0.383 e. The van der Waals surface area contributed by atoms with Gasteiger partial charge >= 0.3 is 0 Å². The number of aromatic nitrogens is 1. The molecule has 0 amide bonds. The summed E-state index contributed by atoms with van der Waals surface area (Å²) in [5.41, 5.74) is 9.99. The zero-order valence-electron chi connectivity index (χ0n) is 15.2. The molecule has 1 aliphatic rings. The van der Waals surface area contributed by atoms with E-state index in [9.17, 15) is 0 Å². The molecule has 0 atom stereocenters. The van der Waals surface area contributed by atoms with Crippen LogP contribution in [-0.2, 0) is 11.3 Å². The van der Waals surface area contributed by atoms with Gasteiger partial charge in [-0.1, -0.05) is 29.5 Å². The fourth-order valence-corrected chi connectivity index (χ4v) is 3.64. The molecule has 1 aromatic heterocycles. The van der Waals surface area contributed by atoms with Gasteiger partial charge in [0, 0.05) is 36.4 Å². The number of hydrogen-bond donors (Lipinski definition) is 1. The molecule has 6 heteroatoms. The molecule has 3 rings (SSSR count). The van der Waals surface area contributed by atoms with Crippen LogP contribution in [0.2, 0.25) is 0 Å². The Balaban J connectivity index is 1.76. The van der Waals surface area contributed by atoms with Crippen molar-refractivity contribution in [2.24, 2.45) is 10.1 Å². The van der Waals surface area contributed by atoms with Gasteiger partial charge in [-0.05, 0) is 39.0 Å². The van der Waals surface area contributed by atoms with Gasteiger partial charge in [0.1, 0.15) is 0 Å². The maximum Gasteiger partial charge on any atom is 0.182 e. The summed E-state index contributed by atoms with van der Waals surface area (Å²) in [6.45, 7) is 7.91. The zero-order valence-corrected chi connectivity index (χ0v) is 16.0. The van der Waals surface area contributed by atoms with Crippen molar-refractivity contribution in [1.29, 1.82) is 0 Å². The molecule has 0 unspecified atom stereocenters. The molecule has 0 fully saturated rings. The number of hydrazone groups is 1. The minimum atomic E-state index is 0.711. The molecule has 0 saturated carbocycles. The molecule has 1 aromatic carbocycles. The standard InChI is InChI=1S/C19H24N4OS/c1-13-5-7-16(8-6-13)20-19-22-21-18(12-25-19)17-11-14(2)23(15(17)3)9-10-24-4/h5-8,11H,9-10,12H2,1-4H3,(H,20,22). The second-order valence-corrected chi connectivity index (χ2v) is 7.10. The van der Waals surface area contributed by atoms with E-state index in [1.54, 1.807) is 18.9 Å². The van der Waals surface area contributed by atoms with E-state index in [0.29, 0.717) is 6.61 Å². The predicted octanol–water partition coefficient (Wildman–Crippen LogP) is 3.79. The van der Waals surface area contributed by atoms with E-state index in [4.69, 9.17) is 4.74 Å². The molecule has 0 aliphatic carbocycles. The zero-order chi connectivity index (χ0) is 17.8. The summed E-state index contributed by atoms with van der Waals surface area (Å²) in [7, 11) is 1.73. The van der Waals surface area contributed by atoms with E-state index < -0.39 is 0 Å². The van der Waals surface area contributed by atoms with Crippen molar-refractivity contribution in [2.45, 2.75) is 27.3 Å². The van der Waals surface area contributed by atoms with Crippen molar-refractivity contribution in [2.75, 3.05) is 19.5 Å². The molecular weight excluding hydrogens is 332 g/mol. The first-order valence-corrected chi connectivity index (χ1v) is 9.34. The number of nitrogens with zero attached hydrogens (tertiary/aromatic N) is 3. The highest BCUT2D eigenvalue weighted by molar-refractivity contribution is 8.14. The predicted molar refractivity (Wildman–Crippen MR) is 106 cm³/mol. The fraction of sp³-hybridized carbons (Fsp3) is 0.368. The van der Waals surface area contributed by atoms with Crippen molar-refractivity contribution in [3.05, 3.63) is 52.8 Å². The first-order chi connectivity index (χ1) is 12.1. The Labute approximate surface area is 153 Å². The van der Waals surface area contributed by atoms with Gasteiger partial charge in [-0.3, -0.25) is 5.43 Å². The Kier molecular flexibility index (Phi) is 5.60. The summed E-state index contributed by atoms with van der Waals surface area (Å²) in [6, 6.07) is 10.4. The second-order valence-electron chi connectivity index (χ2n) is 6.14. The van der Waals surface area contributed by atoms with Gasteiger partial charge in [0.25, 0.3) is 0 Å². The van der Waals surface area contributed by atoms with Crippen LogP contribution >= 0.6 is 11.8 Å². The van der Waals surface area contributed by atoms with Gasteiger partial charge in [-0.2, -0.15) is 5.10 Å². The van der Waals surface area contributed by atoms with Crippen molar-refractivity contribution in [1.82, 2.24) is 9.99 Å². The van der Waals surface area contributed by atoms with E-state index in [-0.39, 0.29) is 0 Å². The number of aliphatic imine (C=N–C) groups is 1. The topological polar surface area (TPSA) is 50.9 Å². The third-order valence-corrected chi connectivity index (χ3v) is 5.17. The lowest BCUT2D eigenvalue weighted by atomic mass is 10.1. The number of ether oxygens (including phenoxy) is 1. The van der Waals surface area contributed by atoms with E-state index in [1.807, 2.05) is 12.1 Å². The summed E-state index contributed by atoms with van der Waals surface area (Å²) in [5, 5.41) is 5.39. The lowest BCUT2D eigenvalue weighted by Gasteiger charge is -2.15. The van der Waals surface area contributed by atoms with E-state index in [2.05, 4.69) is 59.1 Å². The maximum absolute atomic E-state index is 5.21. The van der Waals surface area contributed by atoms with Crippen LogP contribution in [0.15, 0.2) is 40.4 Å². The first-order valence-electron chi connectivity index (χ1n) is 8.35. The summed E-state index contributed by atoms with van der Waals surface area (Å²) in [5.74, 6) is 0.812. The molecule has 0 radical (unpaired) electrons. The summed E-state index contributed by atoms with van der Waals surface area (Å²) in [6.07, 6.45) is 0. The molecule has 2 aromatic rings. The van der Waals surface area contributed by atoms with Crippen molar-refractivity contribution < 1.29 is 4.74 Å². The smallest absolute Gasteiger partial charge is 0.182 e. The van der Waals surface area contributed by atoms with E-state index >= 15 is 0 Å². The normalized spacial score (nSPS) is 16.0. The Hall–Kier alpha value is -2.05. The van der Waals surface area contributed by atoms with Crippen LogP contribution in [0, 0.1) is 20.8 Å². The average molecular weight is 356 g/mol. The summed E-state index contributed by atoms with van der Waals surface area (Å²) in [4.78, 5) is 4.61. The van der Waals surface area contributed by atoms with Crippen LogP contribution in [-0.4, -0.2) is 34.9 Å². The van der Waals surface area contributed by atoms with Crippen molar-refractivity contribution in [3.63, 3.8) is 0 Å². The van der Waals surface area contributed by atoms with Crippen LogP contribution in [0.5, 0.6) is 0 Å². The monoisotopic (exact) mass is 356 g/mol. The van der Waals surface area contributed by atoms with Gasteiger partial charge in [-0.15, -0.1) is 0 Å². The number of nitrogens with one attached hydrogen (secondary N) is 1. The molecule has 0 saturated heterocycles. The van der Waals surface area contributed by atoms with Crippen LogP contribution in [0.25, 0.3) is 0 Å². The number of benzene rings is 1. The first kappa shape index (κ1) is 17.8. The maximum atomic E-state index is 5.21. The molecule has 25 heavy (non-hydrogen) atoms. The molecule has 0 bridgehead atoms. The van der Waals surface area contributed by atoms with Crippen LogP contribution in [0.3, 0.4) is 0 Å². The SMILES string of the molecule is COCCn1c(C)cc(C2=NNC(=Nc3ccc(C)cc3)SC2)c1C. The second kappa shape index (κ2) is 7.89. The molecule has 1 N–H and O–H groups in total. The molecule has 5 nitrogen and oxygen atoms in total. The fourth-order valence-electron chi connectivity index (χ4n) is 2.87. The number of amidine groups is 1. The minimum absolute atomic E-state index is 0.711. The highest BCUT2D eigenvalue weighted by atomic mass is 32.2. The quantitative estimate of drug-likeness (QED) is 0.887. The molecule has 0 spiro atoms. The highest BCUT2D eigenvalue weighted by Gasteiger charge is 2.18. The van der Waals surface area contributed by atoms with Crippen molar-refractivity contribution >= 4 is 28.3 Å². The molecule has 2 heterocycles. The summed E-state index contributed by atoms with van der Waals surface area (Å²) >= 11 is 1.68. The number of aryl methyl sites for hydroxylation is 2. The van der Waals surface area contributed by atoms with Gasteiger partial charge < -0.3 is 9.30 Å². The Bertz CT molecular complexity index is 806. The van der Waals surface area contributed by atoms with E-state index in [0.717, 1.165) is 28.9 Å². The third-order valence-electron chi connectivity index (χ3n) is 4.30. The van der Waals surface area contributed by atoms with Gasteiger partial charge in [0.15, 0.2) is 5.17 Å². The number of rotatable bonds is 5. The van der Waals surface area contributed by atoms with Crippen LogP contribution in [0.1, 0.15) is 22.5 Å². The average Bonchev–Trinajstić information content (AvgIpc) is 2.90. The number of thioether (sulfide) groups is 1. The molecule has 132 valence electrons. The minimum Gasteiger partial charge on any atom is -0.383 e. The van der Waals surface area contributed by atoms with E-state index in [1.165, 1.54) is 22.5 Å². The lowest BCUT2D eigenvalue weighted by Crippen LogP contribution is -2.25. The highest BCUT2D eigenvalue weighted by Crippen LogP contribution is 2.22. The molecule has 1 aliphatic heterocycles. The Morgan fingerprint density at radius 3 is 2.64 bits per heavy atom. The molecular formula is C19H24N4OS. The van der Waals surface area contributed by atoms with Crippen molar-refractivity contribution in [3.8, 4) is 0 Å². The number of hydrogen-bond acceptors (Lipinski definition) is 4. The van der Waals surface area contributed by atoms with Gasteiger partial charge in [0.05, 0.1) is 18.0 Å². The summed E-state index contributed by atoms with van der Waals surface area (Å²) < 4.78 is 7.48. The Morgan fingerprint density at radius 1 is 1.24 bits per heavy atom. The third kappa shape index (κ3) is 4.14. The lowest BCUT2D eigenvalue weighted by molar-refractivity contribution is 0.186. The van der Waals surface area contributed by atoms with Gasteiger partial charge in [-0.25, -0.2) is 4.99 Å². The van der Waals surface area contributed by atoms with Crippen LogP contribution in [0.4, 0.5) is 5.69 Å². The number of methoxy groups -OCH3 is 1. The Morgan fingerprint density at radius 2 is 2.00 bits per heavy atom. The van der Waals surface area contributed by atoms with Crippen LogP contribution < -0.4 is 5.43 Å².